The Bertz CT molecular complexity index is 1300. The molecule has 1 N–H and O–H groups in total. The molecule has 4 aliphatic rings. The second-order valence-electron chi connectivity index (χ2n) is 11.0. The van der Waals surface area contributed by atoms with Crippen LogP contribution in [0.4, 0.5) is 13.2 Å². The predicted octanol–water partition coefficient (Wildman–Crippen LogP) is 6.39. The highest BCUT2D eigenvalue weighted by Crippen LogP contribution is 2.40. The molecule has 0 saturated carbocycles. The van der Waals surface area contributed by atoms with E-state index in [9.17, 15) is 13.2 Å². The molecule has 1 aliphatic carbocycles. The normalized spacial score (nSPS) is 26.8. The molecule has 1 unspecified atom stereocenters. The molecule has 8 heteroatoms. The molecule has 1 aromatic carbocycles. The molecule has 0 amide bonds. The van der Waals surface area contributed by atoms with Gasteiger partial charge in [-0.1, -0.05) is 26.0 Å². The van der Waals surface area contributed by atoms with Crippen LogP contribution in [0.15, 0.2) is 45.9 Å². The van der Waals surface area contributed by atoms with E-state index in [2.05, 4.69) is 51.9 Å². The summed E-state index contributed by atoms with van der Waals surface area (Å²) in [6, 6.07) is 6.63. The molecule has 1 aromatic heterocycles. The van der Waals surface area contributed by atoms with E-state index in [-0.39, 0.29) is 11.6 Å². The number of aromatic nitrogens is 1. The van der Waals surface area contributed by atoms with E-state index >= 15 is 0 Å². The van der Waals surface area contributed by atoms with Gasteiger partial charge in [0.15, 0.2) is 0 Å². The third-order valence-corrected chi connectivity index (χ3v) is 8.31. The van der Waals surface area contributed by atoms with E-state index < -0.39 is 17.8 Å². The van der Waals surface area contributed by atoms with Crippen LogP contribution in [0.3, 0.4) is 0 Å². The minimum atomic E-state index is -4.50. The van der Waals surface area contributed by atoms with E-state index in [4.69, 9.17) is 4.74 Å². The molecule has 2 aromatic rings. The van der Waals surface area contributed by atoms with Crippen molar-refractivity contribution in [1.29, 1.82) is 0 Å². The van der Waals surface area contributed by atoms with Gasteiger partial charge >= 0.3 is 6.18 Å². The smallest absolute Gasteiger partial charge is 0.378 e. The van der Waals surface area contributed by atoms with Crippen molar-refractivity contribution >= 4 is 28.5 Å². The van der Waals surface area contributed by atoms with Crippen LogP contribution in [0, 0.1) is 0 Å². The monoisotopic (exact) mass is 510 g/mol. The number of rotatable bonds is 4. The van der Waals surface area contributed by atoms with Gasteiger partial charge in [-0.05, 0) is 85.5 Å². The van der Waals surface area contributed by atoms with Gasteiger partial charge in [0.05, 0.1) is 36.6 Å². The minimum absolute atomic E-state index is 0.0300. The molecule has 2 fully saturated rings. The van der Waals surface area contributed by atoms with Crippen LogP contribution in [-0.4, -0.2) is 66.5 Å². The van der Waals surface area contributed by atoms with E-state index in [0.29, 0.717) is 30.4 Å². The maximum atomic E-state index is 14.2. The Balaban J connectivity index is 1.36. The molecule has 2 saturated heterocycles. The number of allylic oxidation sites excluding steroid dienone is 3. The number of alkyl halides is 3. The lowest BCUT2D eigenvalue weighted by molar-refractivity contribution is -0.0862. The molecular weight excluding hydrogens is 477 g/mol. The number of fused-ring (bicyclic) bond motifs is 2. The number of hydrogen-bond acceptors (Lipinski definition) is 4. The Morgan fingerprint density at radius 1 is 1.11 bits per heavy atom. The summed E-state index contributed by atoms with van der Waals surface area (Å²) in [5.74, 6) is 0.642. The van der Waals surface area contributed by atoms with Crippen molar-refractivity contribution in [3.05, 3.63) is 52.7 Å². The summed E-state index contributed by atoms with van der Waals surface area (Å²) in [7, 11) is 0. The number of benzene rings is 1. The largest absolute Gasteiger partial charge is 0.418 e. The maximum absolute atomic E-state index is 14.2. The minimum Gasteiger partial charge on any atom is -0.378 e. The third kappa shape index (κ3) is 4.59. The van der Waals surface area contributed by atoms with Gasteiger partial charge in [0.1, 0.15) is 6.34 Å². The molecule has 37 heavy (non-hydrogen) atoms. The Kier molecular flexibility index (Phi) is 6.35. The van der Waals surface area contributed by atoms with Crippen molar-refractivity contribution in [2.45, 2.75) is 69.6 Å². The fourth-order valence-electron chi connectivity index (χ4n) is 6.22. The first-order valence-corrected chi connectivity index (χ1v) is 13.4. The highest BCUT2D eigenvalue weighted by Gasteiger charge is 2.41. The van der Waals surface area contributed by atoms with Crippen molar-refractivity contribution in [2.75, 3.05) is 26.3 Å². The van der Waals surface area contributed by atoms with Crippen molar-refractivity contribution in [3.8, 4) is 0 Å². The number of aromatic amines is 1. The van der Waals surface area contributed by atoms with E-state index in [0.717, 1.165) is 61.3 Å². The first kappa shape index (κ1) is 24.6. The summed E-state index contributed by atoms with van der Waals surface area (Å²) in [6.45, 7) is 8.09. The zero-order valence-corrected chi connectivity index (χ0v) is 21.3. The standard InChI is InChI=1S/C29H33F3N4O/c1-17(2)26-22-12-19(18-8-10-36(11-9-18)21-14-37-15-21)6-7-24(22)35-27(26)20-4-3-5-25-28(34-16-33-25)23(13-20)29(30,31)32/h4,6-7,12-13,16-18,21,25,35H,3,5,8-11,14-15H2,1-2H3/b20-4+,23-13+. The number of hydrogen-bond donors (Lipinski definition) is 1. The molecule has 5 nitrogen and oxygen atoms in total. The first-order valence-electron chi connectivity index (χ1n) is 13.4. The van der Waals surface area contributed by atoms with Crippen molar-refractivity contribution in [2.24, 2.45) is 9.98 Å². The van der Waals surface area contributed by atoms with E-state index in [1.165, 1.54) is 18.0 Å². The molecule has 6 rings (SSSR count). The Morgan fingerprint density at radius 2 is 1.89 bits per heavy atom. The van der Waals surface area contributed by atoms with Gasteiger partial charge in [-0.15, -0.1) is 0 Å². The van der Waals surface area contributed by atoms with Gasteiger partial charge in [-0.25, -0.2) is 4.99 Å². The lowest BCUT2D eigenvalue weighted by Gasteiger charge is -2.41. The first-order chi connectivity index (χ1) is 17.8. The van der Waals surface area contributed by atoms with Crippen LogP contribution in [0.2, 0.25) is 0 Å². The highest BCUT2D eigenvalue weighted by molar-refractivity contribution is 6.12. The lowest BCUT2D eigenvalue weighted by Crippen LogP contribution is -2.51. The average Bonchev–Trinajstić information content (AvgIpc) is 3.41. The van der Waals surface area contributed by atoms with Crippen LogP contribution in [0.25, 0.3) is 16.5 Å². The van der Waals surface area contributed by atoms with Crippen molar-refractivity contribution < 1.29 is 17.9 Å². The van der Waals surface area contributed by atoms with Crippen molar-refractivity contribution in [1.82, 2.24) is 9.88 Å². The number of likely N-dealkylation sites (tertiary alicyclic amines) is 1. The molecule has 0 bridgehead atoms. The molecular formula is C29H33F3N4O. The topological polar surface area (TPSA) is 53.0 Å². The lowest BCUT2D eigenvalue weighted by atomic mass is 9.86. The van der Waals surface area contributed by atoms with Gasteiger partial charge in [-0.2, -0.15) is 13.2 Å². The van der Waals surface area contributed by atoms with Gasteiger partial charge in [0, 0.05) is 16.6 Å². The maximum Gasteiger partial charge on any atom is 0.418 e. The van der Waals surface area contributed by atoms with E-state index in [1.54, 1.807) is 0 Å². The summed E-state index contributed by atoms with van der Waals surface area (Å²) >= 11 is 0. The van der Waals surface area contributed by atoms with Gasteiger partial charge in [-0.3, -0.25) is 9.89 Å². The van der Waals surface area contributed by atoms with Crippen LogP contribution in [-0.2, 0) is 4.74 Å². The Hall–Kier alpha value is -2.71. The van der Waals surface area contributed by atoms with Gasteiger partial charge in [0.25, 0.3) is 0 Å². The summed E-state index contributed by atoms with van der Waals surface area (Å²) < 4.78 is 47.8. The Labute approximate surface area is 215 Å². The molecule has 4 heterocycles. The number of nitrogens with zero attached hydrogens (tertiary/aromatic N) is 3. The summed E-state index contributed by atoms with van der Waals surface area (Å²) in [5.41, 5.74) is 4.06. The fraction of sp³-hybridized carbons (Fsp3) is 0.517. The van der Waals surface area contributed by atoms with Crippen LogP contribution in [0.1, 0.15) is 68.2 Å². The average molecular weight is 511 g/mol. The number of halogens is 3. The van der Waals surface area contributed by atoms with Crippen molar-refractivity contribution in [3.63, 3.8) is 0 Å². The molecule has 3 aliphatic heterocycles. The molecule has 0 spiro atoms. The molecule has 196 valence electrons. The second kappa shape index (κ2) is 9.55. The SMILES string of the molecule is CC(C)c1c(C2=C/CCC3N=CN=C3/C(C(F)(F)F)=C\2)[nH]c2ccc(C3CCN(C4COC4)CC3)cc12. The van der Waals surface area contributed by atoms with Crippen LogP contribution < -0.4 is 0 Å². The molecule has 1 atom stereocenters. The van der Waals surface area contributed by atoms with E-state index in [1.807, 2.05) is 6.08 Å². The number of nitrogens with one attached hydrogen (secondary N) is 1. The molecule has 0 radical (unpaired) electrons. The summed E-state index contributed by atoms with van der Waals surface area (Å²) in [4.78, 5) is 14.2. The second-order valence-corrected chi connectivity index (χ2v) is 11.0. The number of aliphatic imine (C=N–C) groups is 2. The fourth-order valence-corrected chi connectivity index (χ4v) is 6.22. The summed E-state index contributed by atoms with van der Waals surface area (Å²) in [6.07, 6.45) is 3.35. The quantitative estimate of drug-likeness (QED) is 0.519. The van der Waals surface area contributed by atoms with Gasteiger partial charge in [0.2, 0.25) is 0 Å². The number of piperidine rings is 1. The van der Waals surface area contributed by atoms with Crippen LogP contribution in [0.5, 0.6) is 0 Å². The predicted molar refractivity (Wildman–Crippen MR) is 142 cm³/mol. The Morgan fingerprint density at radius 3 is 2.57 bits per heavy atom. The third-order valence-electron chi connectivity index (χ3n) is 8.31. The summed E-state index contributed by atoms with van der Waals surface area (Å²) in [5, 5.41) is 1.11. The van der Waals surface area contributed by atoms with Crippen LogP contribution >= 0.6 is 0 Å². The zero-order valence-electron chi connectivity index (χ0n) is 21.3. The highest BCUT2D eigenvalue weighted by atomic mass is 19.4. The van der Waals surface area contributed by atoms with Gasteiger partial charge < -0.3 is 9.72 Å². The number of ether oxygens (including phenoxy) is 1. The zero-order chi connectivity index (χ0) is 25.7. The number of H-pyrrole nitrogens is 1.